The van der Waals surface area contributed by atoms with E-state index < -0.39 is 0 Å². The Balaban J connectivity index is 2.01. The largest absolute Gasteiger partial charge is 0.331 e. The molecule has 6 heteroatoms. The van der Waals surface area contributed by atoms with Crippen LogP contribution in [0, 0.1) is 0 Å². The number of pyridine rings is 2. The van der Waals surface area contributed by atoms with Crippen molar-refractivity contribution in [2.24, 2.45) is 0 Å². The van der Waals surface area contributed by atoms with Crippen molar-refractivity contribution in [2.75, 3.05) is 10.6 Å². The molecule has 17 heavy (non-hydrogen) atoms. The number of hydrogen-bond acceptors (Lipinski definition) is 3. The maximum Gasteiger partial charge on any atom is 0.175 e. The van der Waals surface area contributed by atoms with Crippen molar-refractivity contribution in [3.05, 3.63) is 48.0 Å². The van der Waals surface area contributed by atoms with Gasteiger partial charge in [0.25, 0.3) is 0 Å². The Morgan fingerprint density at radius 2 is 2.00 bits per heavy atom. The molecule has 0 aliphatic heterocycles. The molecule has 0 aromatic carbocycles. The van der Waals surface area contributed by atoms with E-state index in [-0.39, 0.29) is 0 Å². The van der Waals surface area contributed by atoms with Gasteiger partial charge in [-0.15, -0.1) is 0 Å². The van der Waals surface area contributed by atoms with Crippen LogP contribution >= 0.6 is 23.8 Å². The maximum absolute atomic E-state index is 5.90. The van der Waals surface area contributed by atoms with Crippen LogP contribution in [0.1, 0.15) is 0 Å². The van der Waals surface area contributed by atoms with E-state index in [4.69, 9.17) is 23.8 Å². The summed E-state index contributed by atoms with van der Waals surface area (Å²) in [5.74, 6) is 0. The van der Waals surface area contributed by atoms with Crippen LogP contribution in [0.25, 0.3) is 0 Å². The van der Waals surface area contributed by atoms with Crippen molar-refractivity contribution in [2.45, 2.75) is 0 Å². The number of nitrogens with zero attached hydrogens (tertiary/aromatic N) is 2. The van der Waals surface area contributed by atoms with Gasteiger partial charge in [-0.2, -0.15) is 0 Å². The van der Waals surface area contributed by atoms with E-state index in [2.05, 4.69) is 20.6 Å². The predicted octanol–water partition coefficient (Wildman–Crippen LogP) is 2.94. The average Bonchev–Trinajstić information content (AvgIpc) is 2.33. The number of halogens is 1. The second-order valence-electron chi connectivity index (χ2n) is 3.16. The van der Waals surface area contributed by atoms with Crippen LogP contribution in [-0.4, -0.2) is 15.1 Å². The fraction of sp³-hybridized carbons (Fsp3) is 0. The zero-order valence-electron chi connectivity index (χ0n) is 8.72. The lowest BCUT2D eigenvalue weighted by atomic mass is 10.4. The van der Waals surface area contributed by atoms with Crippen LogP contribution in [0.3, 0.4) is 0 Å². The minimum atomic E-state index is 0.378. The van der Waals surface area contributed by atoms with E-state index in [0.717, 1.165) is 5.69 Å². The van der Waals surface area contributed by atoms with Gasteiger partial charge in [-0.3, -0.25) is 4.98 Å². The minimum absolute atomic E-state index is 0.378. The molecule has 2 aromatic rings. The van der Waals surface area contributed by atoms with Gasteiger partial charge < -0.3 is 10.6 Å². The van der Waals surface area contributed by atoms with Crippen LogP contribution in [-0.2, 0) is 0 Å². The summed E-state index contributed by atoms with van der Waals surface area (Å²) >= 11 is 11.0. The Labute approximate surface area is 109 Å². The third kappa shape index (κ3) is 3.37. The highest BCUT2D eigenvalue weighted by Gasteiger charge is 2.02. The zero-order chi connectivity index (χ0) is 12.1. The molecule has 2 heterocycles. The van der Waals surface area contributed by atoms with Crippen molar-refractivity contribution in [3.8, 4) is 0 Å². The third-order valence-corrected chi connectivity index (χ3v) is 2.43. The second-order valence-corrected chi connectivity index (χ2v) is 3.93. The molecule has 0 fully saturated rings. The van der Waals surface area contributed by atoms with Gasteiger partial charge in [-0.05, 0) is 36.5 Å². The molecule has 0 aliphatic rings. The highest BCUT2D eigenvalue weighted by atomic mass is 35.5. The van der Waals surface area contributed by atoms with Crippen molar-refractivity contribution in [1.82, 2.24) is 9.97 Å². The van der Waals surface area contributed by atoms with Crippen molar-refractivity contribution >= 4 is 40.3 Å². The molecular weight excluding hydrogens is 256 g/mol. The molecule has 2 aromatic heterocycles. The van der Waals surface area contributed by atoms with E-state index >= 15 is 0 Å². The number of aromatic nitrogens is 2. The van der Waals surface area contributed by atoms with Crippen LogP contribution in [0.2, 0.25) is 5.15 Å². The number of thiocarbonyl (C=S) groups is 1. The molecule has 0 unspecified atom stereocenters. The first-order valence-corrected chi connectivity index (χ1v) is 5.63. The molecule has 4 nitrogen and oxygen atoms in total. The topological polar surface area (TPSA) is 49.8 Å². The van der Waals surface area contributed by atoms with Crippen LogP contribution < -0.4 is 10.6 Å². The summed E-state index contributed by atoms with van der Waals surface area (Å²) < 4.78 is 0. The Bertz CT molecular complexity index is 518. The van der Waals surface area contributed by atoms with Crippen molar-refractivity contribution in [3.63, 3.8) is 0 Å². The SMILES string of the molecule is S=C(Nc1cccnc1)Nc1cccnc1Cl. The molecule has 0 saturated heterocycles. The lowest BCUT2D eigenvalue weighted by Crippen LogP contribution is -2.19. The van der Waals surface area contributed by atoms with Gasteiger partial charge in [0.15, 0.2) is 10.3 Å². The molecule has 0 atom stereocenters. The first-order valence-electron chi connectivity index (χ1n) is 4.84. The first-order chi connectivity index (χ1) is 8.25. The molecule has 0 radical (unpaired) electrons. The van der Waals surface area contributed by atoms with Gasteiger partial charge in [0.2, 0.25) is 0 Å². The normalized spacial score (nSPS) is 9.71. The maximum atomic E-state index is 5.90. The van der Waals surface area contributed by atoms with Gasteiger partial charge in [0, 0.05) is 12.4 Å². The number of rotatable bonds is 2. The van der Waals surface area contributed by atoms with Crippen molar-refractivity contribution in [1.29, 1.82) is 0 Å². The summed E-state index contributed by atoms with van der Waals surface area (Å²) in [4.78, 5) is 7.92. The molecular formula is C11H9ClN4S. The first kappa shape index (κ1) is 11.8. The predicted molar refractivity (Wildman–Crippen MR) is 73.3 cm³/mol. The fourth-order valence-electron chi connectivity index (χ4n) is 1.20. The fourth-order valence-corrected chi connectivity index (χ4v) is 1.60. The molecule has 2 rings (SSSR count). The van der Waals surface area contributed by atoms with Gasteiger partial charge in [0.05, 0.1) is 17.6 Å². The van der Waals surface area contributed by atoms with E-state index in [1.54, 1.807) is 30.7 Å². The lowest BCUT2D eigenvalue weighted by Gasteiger charge is -2.10. The highest BCUT2D eigenvalue weighted by Crippen LogP contribution is 2.17. The Kier molecular flexibility index (Phi) is 3.85. The van der Waals surface area contributed by atoms with E-state index in [1.807, 2.05) is 12.1 Å². The van der Waals surface area contributed by atoms with E-state index in [0.29, 0.717) is 16.0 Å². The summed E-state index contributed by atoms with van der Waals surface area (Å²) in [6.07, 6.45) is 4.99. The third-order valence-electron chi connectivity index (χ3n) is 1.93. The minimum Gasteiger partial charge on any atom is -0.331 e. The zero-order valence-corrected chi connectivity index (χ0v) is 10.3. The monoisotopic (exact) mass is 264 g/mol. The molecule has 86 valence electrons. The molecule has 0 aliphatic carbocycles. The summed E-state index contributed by atoms with van der Waals surface area (Å²) in [6.45, 7) is 0. The molecule has 0 saturated carbocycles. The average molecular weight is 265 g/mol. The van der Waals surface area contributed by atoms with Crippen LogP contribution in [0.15, 0.2) is 42.9 Å². The Hall–Kier alpha value is -1.72. The van der Waals surface area contributed by atoms with Crippen LogP contribution in [0.4, 0.5) is 11.4 Å². The molecule has 0 bridgehead atoms. The quantitative estimate of drug-likeness (QED) is 0.645. The summed E-state index contributed by atoms with van der Waals surface area (Å²) in [7, 11) is 0. The lowest BCUT2D eigenvalue weighted by molar-refractivity contribution is 1.32. The van der Waals surface area contributed by atoms with Gasteiger partial charge in [-0.25, -0.2) is 4.98 Å². The number of nitrogens with one attached hydrogen (secondary N) is 2. The Morgan fingerprint density at radius 1 is 1.18 bits per heavy atom. The molecule has 0 amide bonds. The highest BCUT2D eigenvalue weighted by molar-refractivity contribution is 7.80. The summed E-state index contributed by atoms with van der Waals surface area (Å²) in [5.41, 5.74) is 1.47. The molecule has 0 spiro atoms. The van der Waals surface area contributed by atoms with Gasteiger partial charge in [0.1, 0.15) is 0 Å². The van der Waals surface area contributed by atoms with Gasteiger partial charge >= 0.3 is 0 Å². The summed E-state index contributed by atoms with van der Waals surface area (Å²) in [5, 5.41) is 6.76. The Morgan fingerprint density at radius 3 is 2.71 bits per heavy atom. The number of anilines is 2. The van der Waals surface area contributed by atoms with Crippen molar-refractivity contribution < 1.29 is 0 Å². The standard InChI is InChI=1S/C11H9ClN4S/c12-10-9(4-2-6-14-10)16-11(17)15-8-3-1-5-13-7-8/h1-7H,(H2,15,16,17). The molecule has 2 N–H and O–H groups in total. The smallest absolute Gasteiger partial charge is 0.175 e. The van der Waals surface area contributed by atoms with E-state index in [9.17, 15) is 0 Å². The summed E-state index contributed by atoms with van der Waals surface area (Å²) in [6, 6.07) is 7.27. The van der Waals surface area contributed by atoms with Gasteiger partial charge in [-0.1, -0.05) is 11.6 Å². The second kappa shape index (κ2) is 5.56. The van der Waals surface area contributed by atoms with E-state index in [1.165, 1.54) is 0 Å². The van der Waals surface area contributed by atoms with Crippen LogP contribution in [0.5, 0.6) is 0 Å². The number of hydrogen-bond donors (Lipinski definition) is 2.